The van der Waals surface area contributed by atoms with E-state index in [-0.39, 0.29) is 11.5 Å². The van der Waals surface area contributed by atoms with Crippen molar-refractivity contribution in [2.24, 2.45) is 0 Å². The minimum Gasteiger partial charge on any atom is -0.381 e. The third-order valence-electron chi connectivity index (χ3n) is 5.56. The van der Waals surface area contributed by atoms with Gasteiger partial charge in [0.1, 0.15) is 0 Å². The maximum absolute atomic E-state index is 13.1. The number of ether oxygens (including phenoxy) is 1. The molecule has 2 aliphatic heterocycles. The Morgan fingerprint density at radius 2 is 1.78 bits per heavy atom. The molecule has 0 saturated carbocycles. The molecule has 1 saturated heterocycles. The van der Waals surface area contributed by atoms with Crippen LogP contribution in [-0.4, -0.2) is 27.7 Å². The molecule has 0 amide bonds. The van der Waals surface area contributed by atoms with E-state index in [1.165, 1.54) is 16.0 Å². The van der Waals surface area contributed by atoms with Gasteiger partial charge in [0, 0.05) is 34.5 Å². The number of hydrogen-bond acceptors (Lipinski definition) is 4. The molecule has 0 atom stereocenters. The van der Waals surface area contributed by atoms with Crippen molar-refractivity contribution in [2.75, 3.05) is 13.2 Å². The van der Waals surface area contributed by atoms with Crippen LogP contribution in [0.1, 0.15) is 43.4 Å². The first-order chi connectivity index (χ1) is 12.8. The Labute approximate surface area is 165 Å². The van der Waals surface area contributed by atoms with E-state index in [0.717, 1.165) is 23.3 Å². The Balaban J connectivity index is 1.74. The van der Waals surface area contributed by atoms with Crippen LogP contribution in [0.4, 0.5) is 0 Å². The molecule has 0 spiro atoms. The van der Waals surface area contributed by atoms with E-state index in [9.17, 15) is 8.42 Å². The second-order valence-electron chi connectivity index (χ2n) is 7.85. The largest absolute Gasteiger partial charge is 0.381 e. The van der Waals surface area contributed by atoms with Crippen LogP contribution in [0.2, 0.25) is 0 Å². The summed E-state index contributed by atoms with van der Waals surface area (Å²) in [7, 11) is -3.56. The highest BCUT2D eigenvalue weighted by Gasteiger charge is 2.34. The van der Waals surface area contributed by atoms with Gasteiger partial charge in [0.2, 0.25) is 10.0 Å². The molecular formula is C21H25NO3S2. The Kier molecular flexibility index (Phi) is 4.87. The average Bonchev–Trinajstić information content (AvgIpc) is 2.63. The van der Waals surface area contributed by atoms with E-state index in [2.05, 4.69) is 42.8 Å². The first kappa shape index (κ1) is 19.0. The number of benzene rings is 2. The summed E-state index contributed by atoms with van der Waals surface area (Å²) < 4.78 is 34.3. The lowest BCUT2D eigenvalue weighted by Crippen LogP contribution is -2.39. The van der Waals surface area contributed by atoms with E-state index in [0.29, 0.717) is 18.1 Å². The Bertz CT molecular complexity index is 977. The molecule has 0 aliphatic carbocycles. The second-order valence-corrected chi connectivity index (χ2v) is 10.6. The van der Waals surface area contributed by atoms with E-state index >= 15 is 0 Å². The zero-order chi connectivity index (χ0) is 19.2. The molecule has 0 unspecified atom stereocenters. The first-order valence-corrected chi connectivity index (χ1v) is 11.6. The van der Waals surface area contributed by atoms with Crippen molar-refractivity contribution in [1.82, 2.24) is 4.72 Å². The van der Waals surface area contributed by atoms with Gasteiger partial charge in [-0.2, -0.15) is 0 Å². The molecule has 2 aliphatic rings. The normalized spacial score (nSPS) is 19.4. The molecule has 27 heavy (non-hydrogen) atoms. The fourth-order valence-electron chi connectivity index (χ4n) is 3.97. The van der Waals surface area contributed by atoms with Crippen LogP contribution in [0.3, 0.4) is 0 Å². The number of rotatable bonds is 3. The lowest BCUT2D eigenvalue weighted by molar-refractivity contribution is 0.0832. The summed E-state index contributed by atoms with van der Waals surface area (Å²) >= 11 is 1.66. The smallest absolute Gasteiger partial charge is 0.241 e. The summed E-state index contributed by atoms with van der Waals surface area (Å²) in [6.07, 6.45) is 1.44. The fraction of sp³-hybridized carbons (Fsp3) is 0.429. The predicted octanol–water partition coefficient (Wildman–Crippen LogP) is 4.24. The maximum Gasteiger partial charge on any atom is 0.241 e. The van der Waals surface area contributed by atoms with Gasteiger partial charge in [0.05, 0.1) is 4.90 Å². The lowest BCUT2D eigenvalue weighted by Gasteiger charge is -2.35. The maximum atomic E-state index is 13.1. The monoisotopic (exact) mass is 403 g/mol. The first-order valence-electron chi connectivity index (χ1n) is 9.31. The number of aryl methyl sites for hydroxylation is 1. The summed E-state index contributed by atoms with van der Waals surface area (Å²) in [6, 6.07) is 12.2. The number of nitrogens with one attached hydrogen (secondary N) is 1. The van der Waals surface area contributed by atoms with Crippen LogP contribution in [0.25, 0.3) is 0 Å². The molecule has 0 bridgehead atoms. The molecule has 1 N–H and O–H groups in total. The third kappa shape index (κ3) is 3.44. The highest BCUT2D eigenvalue weighted by molar-refractivity contribution is 7.99. The molecule has 1 fully saturated rings. The molecule has 4 nitrogen and oxygen atoms in total. The molecular weight excluding hydrogens is 378 g/mol. The van der Waals surface area contributed by atoms with Crippen LogP contribution in [-0.2, 0) is 20.2 Å². The van der Waals surface area contributed by atoms with Crippen LogP contribution in [0, 0.1) is 6.92 Å². The van der Waals surface area contributed by atoms with Gasteiger partial charge in [0.25, 0.3) is 0 Å². The van der Waals surface area contributed by atoms with Gasteiger partial charge in [-0.1, -0.05) is 49.9 Å². The lowest BCUT2D eigenvalue weighted by atomic mass is 9.77. The van der Waals surface area contributed by atoms with Crippen LogP contribution >= 0.6 is 11.8 Å². The van der Waals surface area contributed by atoms with Gasteiger partial charge >= 0.3 is 0 Å². The van der Waals surface area contributed by atoms with E-state index < -0.39 is 10.0 Å². The molecule has 0 aromatic heterocycles. The SMILES string of the molecule is Cc1cc2c(cc1S(=O)(=O)NC1CCOCC1)Sc1ccccc1C2(C)C. The third-order valence-corrected chi connectivity index (χ3v) is 8.36. The zero-order valence-electron chi connectivity index (χ0n) is 15.9. The molecule has 2 aromatic carbocycles. The fourth-order valence-corrected chi connectivity index (χ4v) is 7.02. The van der Waals surface area contributed by atoms with Crippen molar-refractivity contribution < 1.29 is 13.2 Å². The Morgan fingerprint density at radius 1 is 1.07 bits per heavy atom. The van der Waals surface area contributed by atoms with Gasteiger partial charge in [-0.3, -0.25) is 0 Å². The second kappa shape index (κ2) is 6.92. The highest BCUT2D eigenvalue weighted by atomic mass is 32.2. The number of hydrogen-bond donors (Lipinski definition) is 1. The average molecular weight is 404 g/mol. The number of sulfonamides is 1. The van der Waals surface area contributed by atoms with Crippen LogP contribution in [0.5, 0.6) is 0 Å². The van der Waals surface area contributed by atoms with Crippen molar-refractivity contribution >= 4 is 21.8 Å². The van der Waals surface area contributed by atoms with Crippen LogP contribution in [0.15, 0.2) is 51.1 Å². The predicted molar refractivity (Wildman–Crippen MR) is 108 cm³/mol. The quantitative estimate of drug-likeness (QED) is 0.833. The van der Waals surface area contributed by atoms with E-state index in [4.69, 9.17) is 4.74 Å². The molecule has 4 rings (SSSR count). The summed E-state index contributed by atoms with van der Waals surface area (Å²) in [5.74, 6) is 0. The molecule has 6 heteroatoms. The van der Waals surface area contributed by atoms with Crippen molar-refractivity contribution in [2.45, 2.75) is 59.8 Å². The minimum absolute atomic E-state index is 0.0518. The topological polar surface area (TPSA) is 55.4 Å². The summed E-state index contributed by atoms with van der Waals surface area (Å²) in [5.41, 5.74) is 3.12. The van der Waals surface area contributed by atoms with Crippen molar-refractivity contribution in [1.29, 1.82) is 0 Å². The van der Waals surface area contributed by atoms with E-state index in [1.807, 2.05) is 19.1 Å². The van der Waals surface area contributed by atoms with Gasteiger partial charge in [0.15, 0.2) is 0 Å². The van der Waals surface area contributed by atoms with Crippen molar-refractivity contribution in [3.63, 3.8) is 0 Å². The van der Waals surface area contributed by atoms with Gasteiger partial charge in [-0.15, -0.1) is 0 Å². The van der Waals surface area contributed by atoms with Gasteiger partial charge < -0.3 is 4.74 Å². The molecule has 2 aromatic rings. The highest BCUT2D eigenvalue weighted by Crippen LogP contribution is 2.49. The summed E-state index contributed by atoms with van der Waals surface area (Å²) in [5, 5.41) is 0. The minimum atomic E-state index is -3.56. The Morgan fingerprint density at radius 3 is 2.52 bits per heavy atom. The number of fused-ring (bicyclic) bond motifs is 2. The molecule has 2 heterocycles. The zero-order valence-corrected chi connectivity index (χ0v) is 17.5. The Hall–Kier alpha value is -1.34. The van der Waals surface area contributed by atoms with Crippen LogP contribution < -0.4 is 4.72 Å². The summed E-state index contributed by atoms with van der Waals surface area (Å²) in [4.78, 5) is 2.60. The van der Waals surface area contributed by atoms with Crippen molar-refractivity contribution in [3.8, 4) is 0 Å². The van der Waals surface area contributed by atoms with Gasteiger partial charge in [-0.05, 0) is 48.6 Å². The summed E-state index contributed by atoms with van der Waals surface area (Å²) in [6.45, 7) is 7.52. The molecule has 144 valence electrons. The molecule has 0 radical (unpaired) electrons. The van der Waals surface area contributed by atoms with Crippen molar-refractivity contribution in [3.05, 3.63) is 53.1 Å². The standard InChI is InChI=1S/C21H25NO3S2/c1-14-12-17-19(26-18-7-5-4-6-16(18)21(17,2)3)13-20(14)27(23,24)22-15-8-10-25-11-9-15/h4-7,12-13,15,22H,8-11H2,1-3H3. The van der Waals surface area contributed by atoms with E-state index in [1.54, 1.807) is 11.8 Å². The van der Waals surface area contributed by atoms with Gasteiger partial charge in [-0.25, -0.2) is 13.1 Å².